The average molecular weight is 615 g/mol. The lowest BCUT2D eigenvalue weighted by Crippen LogP contribution is -2.48. The van der Waals surface area contributed by atoms with Crippen molar-refractivity contribution in [2.45, 2.75) is 24.0 Å². The van der Waals surface area contributed by atoms with Gasteiger partial charge in [-0.25, -0.2) is 15.0 Å². The maximum atomic E-state index is 12.7. The molecule has 1 saturated heterocycles. The van der Waals surface area contributed by atoms with Crippen molar-refractivity contribution in [2.75, 3.05) is 17.7 Å². The fourth-order valence-corrected chi connectivity index (χ4v) is 5.09. The molecule has 6 rings (SSSR count). The lowest BCUT2D eigenvalue weighted by atomic mass is 9.93. The Kier molecular flexibility index (Phi) is 6.80. The molecular formula is C29H23BrN6O5. The summed E-state index contributed by atoms with van der Waals surface area (Å²) in [6, 6.07) is 17.5. The largest absolute Gasteiger partial charge is 0.491 e. The van der Waals surface area contributed by atoms with Crippen LogP contribution in [0.1, 0.15) is 16.6 Å². The van der Waals surface area contributed by atoms with E-state index in [2.05, 4.69) is 42.1 Å². The Morgan fingerprint density at radius 3 is 2.80 bits per heavy atom. The van der Waals surface area contributed by atoms with Gasteiger partial charge in [-0.05, 0) is 52.3 Å². The van der Waals surface area contributed by atoms with Crippen LogP contribution >= 0.6 is 15.9 Å². The summed E-state index contributed by atoms with van der Waals surface area (Å²) in [6.45, 7) is -0.168. The smallest absolute Gasteiger partial charge is 0.256 e. The number of carbonyl (C=O) groups is 1. The van der Waals surface area contributed by atoms with E-state index in [-0.39, 0.29) is 18.3 Å². The van der Waals surface area contributed by atoms with E-state index in [1.165, 1.54) is 10.9 Å². The number of nitrogens with zero attached hydrogens (tertiary/aromatic N) is 4. The predicted molar refractivity (Wildman–Crippen MR) is 155 cm³/mol. The number of nitrogens with one attached hydrogen (secondary N) is 1. The van der Waals surface area contributed by atoms with E-state index in [1.807, 2.05) is 18.2 Å². The summed E-state index contributed by atoms with van der Waals surface area (Å²) >= 11 is 3.36. The van der Waals surface area contributed by atoms with Gasteiger partial charge in [-0.15, -0.1) is 6.42 Å². The van der Waals surface area contributed by atoms with Gasteiger partial charge in [0.1, 0.15) is 48.2 Å². The van der Waals surface area contributed by atoms with Gasteiger partial charge in [-0.3, -0.25) is 4.79 Å². The van der Waals surface area contributed by atoms with Crippen LogP contribution in [0.2, 0.25) is 0 Å². The van der Waals surface area contributed by atoms with Crippen LogP contribution in [0.4, 0.5) is 11.6 Å². The number of aliphatic hydroxyl groups is 2. The number of halogens is 1. The topological polar surface area (TPSA) is 158 Å². The molecule has 206 valence electrons. The second-order valence-corrected chi connectivity index (χ2v) is 10.3. The van der Waals surface area contributed by atoms with Crippen LogP contribution in [0, 0.1) is 12.3 Å². The van der Waals surface area contributed by atoms with Gasteiger partial charge in [-0.2, -0.15) is 0 Å². The molecule has 1 aliphatic heterocycles. The summed E-state index contributed by atoms with van der Waals surface area (Å²) < 4.78 is 14.2. The minimum Gasteiger partial charge on any atom is -0.491 e. The number of anilines is 2. The highest BCUT2D eigenvalue weighted by Gasteiger charge is 2.56. The second kappa shape index (κ2) is 10.5. The number of nitrogens with two attached hydrogens (primary N) is 1. The third-order valence-corrected chi connectivity index (χ3v) is 7.60. The van der Waals surface area contributed by atoms with Crippen LogP contribution in [0.3, 0.4) is 0 Å². The number of hydrogen-bond acceptors (Lipinski definition) is 9. The molecule has 1 aliphatic rings. The molecule has 0 bridgehead atoms. The van der Waals surface area contributed by atoms with Gasteiger partial charge in [0.25, 0.3) is 5.91 Å². The second-order valence-electron chi connectivity index (χ2n) is 9.45. The normalized spacial score (nSPS) is 22.0. The van der Waals surface area contributed by atoms with Crippen molar-refractivity contribution >= 4 is 55.4 Å². The van der Waals surface area contributed by atoms with Crippen LogP contribution < -0.4 is 15.8 Å². The first-order valence-electron chi connectivity index (χ1n) is 12.5. The first kappa shape index (κ1) is 26.7. The fourth-order valence-electron chi connectivity index (χ4n) is 4.76. The summed E-state index contributed by atoms with van der Waals surface area (Å²) in [6.07, 6.45) is 4.85. The van der Waals surface area contributed by atoms with Gasteiger partial charge in [0.15, 0.2) is 11.8 Å². The maximum absolute atomic E-state index is 12.7. The van der Waals surface area contributed by atoms with Gasteiger partial charge >= 0.3 is 0 Å². The number of aromatic nitrogens is 4. The Hall–Kier alpha value is -4.54. The van der Waals surface area contributed by atoms with Gasteiger partial charge in [0, 0.05) is 23.2 Å². The molecule has 1 fully saturated rings. The number of rotatable bonds is 6. The summed E-state index contributed by atoms with van der Waals surface area (Å²) in [5.74, 6) is 3.01. The van der Waals surface area contributed by atoms with Crippen LogP contribution in [-0.4, -0.2) is 60.1 Å². The maximum Gasteiger partial charge on any atom is 0.256 e. The Morgan fingerprint density at radius 2 is 2.02 bits per heavy atom. The SMILES string of the molecule is C#C[C@@]1(O)[C@@H](COc2ccc3cc(Br)c(N)nc3c2)O[C@@H](n2ccc3c(NC(=O)c4ccccc4)ncnc32)[C@@H]1O. The highest BCUT2D eigenvalue weighted by molar-refractivity contribution is 9.10. The number of fused-ring (bicyclic) bond motifs is 2. The van der Waals surface area contributed by atoms with Crippen molar-refractivity contribution < 1.29 is 24.5 Å². The number of terminal acetylenes is 1. The number of nitrogen functional groups attached to an aromatic ring is 1. The van der Waals surface area contributed by atoms with E-state index in [0.717, 1.165) is 5.39 Å². The summed E-state index contributed by atoms with van der Waals surface area (Å²) in [4.78, 5) is 25.6. The number of carbonyl (C=O) groups excluding carboxylic acids is 1. The fraction of sp³-hybridized carbons (Fsp3) is 0.172. The highest BCUT2D eigenvalue weighted by Crippen LogP contribution is 2.39. The molecule has 12 heteroatoms. The first-order valence-corrected chi connectivity index (χ1v) is 13.3. The summed E-state index contributed by atoms with van der Waals surface area (Å²) in [7, 11) is 0. The highest BCUT2D eigenvalue weighted by atomic mass is 79.9. The Labute approximate surface area is 242 Å². The Bertz CT molecular complexity index is 1820. The van der Waals surface area contributed by atoms with E-state index in [0.29, 0.717) is 38.2 Å². The number of aliphatic hydroxyl groups excluding tert-OH is 1. The molecule has 2 aromatic carbocycles. The quantitative estimate of drug-likeness (QED) is 0.211. The molecule has 4 atom stereocenters. The molecule has 41 heavy (non-hydrogen) atoms. The van der Waals surface area contributed by atoms with E-state index in [4.69, 9.17) is 21.6 Å². The van der Waals surface area contributed by atoms with Crippen LogP contribution in [-0.2, 0) is 4.74 Å². The molecule has 0 radical (unpaired) electrons. The van der Waals surface area contributed by atoms with E-state index in [9.17, 15) is 15.0 Å². The van der Waals surface area contributed by atoms with Crippen LogP contribution in [0.25, 0.3) is 21.9 Å². The Balaban J connectivity index is 1.24. The standard InChI is InChI=1S/C29H23BrN6O5/c1-2-29(39)22(14-40-18-9-8-17-12-20(30)24(31)34-21(17)13-18)41-28(23(29)37)36-11-10-19-25(32-15-33-26(19)36)35-27(38)16-6-4-3-5-7-16/h1,3-13,15,22-23,28,37,39H,14H2,(H2,31,34)(H,32,33,35,38)/t22-,23+,28-,29-/m1/s1. The van der Waals surface area contributed by atoms with Gasteiger partial charge < -0.3 is 35.3 Å². The number of hydrogen-bond donors (Lipinski definition) is 4. The zero-order chi connectivity index (χ0) is 28.7. The molecule has 0 saturated carbocycles. The number of ether oxygens (including phenoxy) is 2. The molecule has 0 aliphatic carbocycles. The summed E-state index contributed by atoms with van der Waals surface area (Å²) in [5, 5.41) is 26.5. The number of pyridine rings is 1. The summed E-state index contributed by atoms with van der Waals surface area (Å²) in [5.41, 5.74) is 5.28. The van der Waals surface area contributed by atoms with Crippen molar-refractivity contribution in [3.05, 3.63) is 83.2 Å². The first-order chi connectivity index (χ1) is 19.8. The van der Waals surface area contributed by atoms with E-state index in [1.54, 1.807) is 48.7 Å². The monoisotopic (exact) mass is 614 g/mol. The van der Waals surface area contributed by atoms with Crippen molar-refractivity contribution in [2.24, 2.45) is 0 Å². The number of benzene rings is 2. The van der Waals surface area contributed by atoms with Gasteiger partial charge in [0.2, 0.25) is 0 Å². The van der Waals surface area contributed by atoms with Gasteiger partial charge in [-0.1, -0.05) is 24.1 Å². The van der Waals surface area contributed by atoms with Crippen molar-refractivity contribution in [3.8, 4) is 18.1 Å². The third-order valence-electron chi connectivity index (χ3n) is 6.97. The molecule has 5 N–H and O–H groups in total. The molecule has 11 nitrogen and oxygen atoms in total. The molecule has 3 aromatic heterocycles. The van der Waals surface area contributed by atoms with E-state index >= 15 is 0 Å². The molecular weight excluding hydrogens is 592 g/mol. The number of amides is 1. The van der Waals surface area contributed by atoms with Crippen LogP contribution in [0.5, 0.6) is 5.75 Å². The lowest BCUT2D eigenvalue weighted by molar-refractivity contribution is -0.0554. The van der Waals surface area contributed by atoms with Crippen molar-refractivity contribution in [1.29, 1.82) is 0 Å². The lowest BCUT2D eigenvalue weighted by Gasteiger charge is -2.25. The predicted octanol–water partition coefficient (Wildman–Crippen LogP) is 3.28. The third kappa shape index (κ3) is 4.75. The van der Waals surface area contributed by atoms with Crippen molar-refractivity contribution in [1.82, 2.24) is 19.5 Å². The Morgan fingerprint density at radius 1 is 1.22 bits per heavy atom. The average Bonchev–Trinajstić information content (AvgIpc) is 3.52. The minimum atomic E-state index is -2.07. The van der Waals surface area contributed by atoms with E-state index < -0.39 is 24.0 Å². The molecule has 5 aromatic rings. The minimum absolute atomic E-state index is 0.168. The van der Waals surface area contributed by atoms with Gasteiger partial charge in [0.05, 0.1) is 15.4 Å². The molecule has 1 amide bonds. The zero-order valence-electron chi connectivity index (χ0n) is 21.3. The van der Waals surface area contributed by atoms with Crippen molar-refractivity contribution in [3.63, 3.8) is 0 Å². The van der Waals surface area contributed by atoms with Crippen LogP contribution in [0.15, 0.2) is 77.7 Å². The zero-order valence-corrected chi connectivity index (χ0v) is 22.9. The molecule has 4 heterocycles. The molecule has 0 unspecified atom stereocenters. The molecule has 0 spiro atoms.